The lowest BCUT2D eigenvalue weighted by Crippen LogP contribution is -2.36. The Bertz CT molecular complexity index is 281. The van der Waals surface area contributed by atoms with Crippen molar-refractivity contribution < 1.29 is 0 Å². The Hall–Kier alpha value is -0.380. The summed E-state index contributed by atoms with van der Waals surface area (Å²) in [4.78, 5) is 5.11. The van der Waals surface area contributed by atoms with Gasteiger partial charge in [0, 0.05) is 28.9 Å². The molecular formula is C12H22N2S. The first kappa shape index (κ1) is 12.7. The van der Waals surface area contributed by atoms with Crippen LogP contribution < -0.4 is 5.32 Å². The molecule has 0 aliphatic heterocycles. The van der Waals surface area contributed by atoms with Gasteiger partial charge in [-0.2, -0.15) is 0 Å². The van der Waals surface area contributed by atoms with Crippen LogP contribution in [0.4, 0.5) is 0 Å². The fourth-order valence-corrected chi connectivity index (χ4v) is 2.49. The van der Waals surface area contributed by atoms with Crippen LogP contribution in [0.2, 0.25) is 0 Å². The molecule has 86 valence electrons. The van der Waals surface area contributed by atoms with Crippen LogP contribution >= 0.6 is 11.3 Å². The maximum Gasteiger partial charge on any atom is 0.0300 e. The van der Waals surface area contributed by atoms with Crippen molar-refractivity contribution in [1.29, 1.82) is 0 Å². The van der Waals surface area contributed by atoms with Crippen molar-refractivity contribution in [2.45, 2.75) is 32.9 Å². The van der Waals surface area contributed by atoms with Crippen molar-refractivity contribution in [3.63, 3.8) is 0 Å². The van der Waals surface area contributed by atoms with Gasteiger partial charge in [0.1, 0.15) is 0 Å². The van der Waals surface area contributed by atoms with E-state index >= 15 is 0 Å². The standard InChI is InChI=1S/C12H22N2S/c1-5-11(14(3)4)8-13-9-12-7-6-10(2)15-12/h6-7,11,13H,5,8-9H2,1-4H3. The number of aryl methyl sites for hydroxylation is 1. The first-order chi connectivity index (χ1) is 7.13. The number of nitrogens with one attached hydrogen (secondary N) is 1. The van der Waals surface area contributed by atoms with Gasteiger partial charge in [-0.3, -0.25) is 0 Å². The molecule has 0 spiro atoms. The highest BCUT2D eigenvalue weighted by Gasteiger charge is 2.07. The van der Waals surface area contributed by atoms with Crippen molar-refractivity contribution in [2.75, 3.05) is 20.6 Å². The molecule has 1 heterocycles. The fraction of sp³-hybridized carbons (Fsp3) is 0.667. The predicted octanol–water partition coefficient (Wildman–Crippen LogP) is 2.49. The summed E-state index contributed by atoms with van der Waals surface area (Å²) in [5.74, 6) is 0. The summed E-state index contributed by atoms with van der Waals surface area (Å²) in [5, 5.41) is 3.52. The molecule has 1 aromatic rings. The largest absolute Gasteiger partial charge is 0.310 e. The summed E-state index contributed by atoms with van der Waals surface area (Å²) in [5.41, 5.74) is 0. The second-order valence-electron chi connectivity index (χ2n) is 4.17. The molecule has 0 amide bonds. The van der Waals surface area contributed by atoms with Crippen molar-refractivity contribution in [3.8, 4) is 0 Å². The van der Waals surface area contributed by atoms with Crippen LogP contribution in [0.15, 0.2) is 12.1 Å². The first-order valence-corrected chi connectivity index (χ1v) is 6.37. The van der Waals surface area contributed by atoms with Gasteiger partial charge in [-0.25, -0.2) is 0 Å². The minimum absolute atomic E-state index is 0.644. The molecule has 15 heavy (non-hydrogen) atoms. The lowest BCUT2D eigenvalue weighted by molar-refractivity contribution is 0.276. The highest BCUT2D eigenvalue weighted by molar-refractivity contribution is 7.11. The minimum atomic E-state index is 0.644. The average Bonchev–Trinajstić information content (AvgIpc) is 2.58. The van der Waals surface area contributed by atoms with Gasteiger partial charge in [-0.15, -0.1) is 11.3 Å². The van der Waals surface area contributed by atoms with Crippen molar-refractivity contribution in [2.24, 2.45) is 0 Å². The Morgan fingerprint density at radius 3 is 2.60 bits per heavy atom. The zero-order chi connectivity index (χ0) is 11.3. The lowest BCUT2D eigenvalue weighted by atomic mass is 10.2. The second-order valence-corrected chi connectivity index (χ2v) is 5.54. The number of thiophene rings is 1. The Morgan fingerprint density at radius 1 is 1.40 bits per heavy atom. The molecule has 2 nitrogen and oxygen atoms in total. The Balaban J connectivity index is 2.26. The van der Waals surface area contributed by atoms with Gasteiger partial charge in [-0.05, 0) is 39.6 Å². The van der Waals surface area contributed by atoms with Gasteiger partial charge >= 0.3 is 0 Å². The zero-order valence-electron chi connectivity index (χ0n) is 10.2. The first-order valence-electron chi connectivity index (χ1n) is 5.56. The SMILES string of the molecule is CCC(CNCc1ccc(C)s1)N(C)C. The highest BCUT2D eigenvalue weighted by Crippen LogP contribution is 2.14. The van der Waals surface area contributed by atoms with Gasteiger partial charge in [0.2, 0.25) is 0 Å². The van der Waals surface area contributed by atoms with E-state index in [0.29, 0.717) is 6.04 Å². The fourth-order valence-electron chi connectivity index (χ4n) is 1.63. The second kappa shape index (κ2) is 6.26. The van der Waals surface area contributed by atoms with Gasteiger partial charge < -0.3 is 10.2 Å². The molecule has 0 aromatic carbocycles. The third kappa shape index (κ3) is 4.33. The van der Waals surface area contributed by atoms with Gasteiger partial charge in [0.05, 0.1) is 0 Å². The molecule has 1 aromatic heterocycles. The van der Waals surface area contributed by atoms with Crippen molar-refractivity contribution >= 4 is 11.3 Å². The van der Waals surface area contributed by atoms with Crippen LogP contribution in [-0.4, -0.2) is 31.6 Å². The Kier molecular flexibility index (Phi) is 5.29. The van der Waals surface area contributed by atoms with E-state index in [1.807, 2.05) is 11.3 Å². The number of likely N-dealkylation sites (N-methyl/N-ethyl adjacent to an activating group) is 1. The number of nitrogens with zero attached hydrogens (tertiary/aromatic N) is 1. The monoisotopic (exact) mass is 226 g/mol. The minimum Gasteiger partial charge on any atom is -0.310 e. The molecular weight excluding hydrogens is 204 g/mol. The number of hydrogen-bond donors (Lipinski definition) is 1. The van der Waals surface area contributed by atoms with Crippen LogP contribution in [0.1, 0.15) is 23.1 Å². The maximum atomic E-state index is 3.52. The molecule has 0 saturated carbocycles. The van der Waals surface area contributed by atoms with E-state index in [4.69, 9.17) is 0 Å². The van der Waals surface area contributed by atoms with E-state index in [-0.39, 0.29) is 0 Å². The molecule has 0 fully saturated rings. The Morgan fingerprint density at radius 2 is 2.13 bits per heavy atom. The van der Waals surface area contributed by atoms with Crippen LogP contribution in [0.25, 0.3) is 0 Å². The van der Waals surface area contributed by atoms with Crippen molar-refractivity contribution in [3.05, 3.63) is 21.9 Å². The van der Waals surface area contributed by atoms with Crippen LogP contribution in [0, 0.1) is 6.92 Å². The molecule has 0 saturated heterocycles. The molecule has 1 atom stereocenters. The van der Waals surface area contributed by atoms with Gasteiger partial charge in [0.15, 0.2) is 0 Å². The van der Waals surface area contributed by atoms with Crippen LogP contribution in [0.5, 0.6) is 0 Å². The third-order valence-corrected chi connectivity index (χ3v) is 3.68. The van der Waals surface area contributed by atoms with E-state index in [2.05, 4.69) is 50.3 Å². The summed E-state index contributed by atoms with van der Waals surface area (Å²) in [6.45, 7) is 6.47. The Labute approximate surface area is 97.3 Å². The normalized spacial score (nSPS) is 13.4. The molecule has 3 heteroatoms. The highest BCUT2D eigenvalue weighted by atomic mass is 32.1. The molecule has 1 rings (SSSR count). The number of hydrogen-bond acceptors (Lipinski definition) is 3. The van der Waals surface area contributed by atoms with Crippen LogP contribution in [-0.2, 0) is 6.54 Å². The zero-order valence-corrected chi connectivity index (χ0v) is 11.0. The molecule has 0 aliphatic carbocycles. The third-order valence-electron chi connectivity index (χ3n) is 2.68. The van der Waals surface area contributed by atoms with E-state index in [0.717, 1.165) is 13.1 Å². The van der Waals surface area contributed by atoms with Crippen LogP contribution in [0.3, 0.4) is 0 Å². The van der Waals surface area contributed by atoms with E-state index < -0.39 is 0 Å². The molecule has 1 N–H and O–H groups in total. The van der Waals surface area contributed by atoms with E-state index in [1.54, 1.807) is 0 Å². The maximum absolute atomic E-state index is 3.52. The van der Waals surface area contributed by atoms with E-state index in [1.165, 1.54) is 16.2 Å². The smallest absolute Gasteiger partial charge is 0.0300 e. The van der Waals surface area contributed by atoms with Crippen molar-refractivity contribution in [1.82, 2.24) is 10.2 Å². The summed E-state index contributed by atoms with van der Waals surface area (Å²) >= 11 is 1.88. The molecule has 1 unspecified atom stereocenters. The topological polar surface area (TPSA) is 15.3 Å². The van der Waals surface area contributed by atoms with Gasteiger partial charge in [0.25, 0.3) is 0 Å². The number of rotatable bonds is 6. The van der Waals surface area contributed by atoms with E-state index in [9.17, 15) is 0 Å². The molecule has 0 aliphatic rings. The molecule has 0 bridgehead atoms. The summed E-state index contributed by atoms with van der Waals surface area (Å²) in [6.07, 6.45) is 1.20. The summed E-state index contributed by atoms with van der Waals surface area (Å²) < 4.78 is 0. The summed E-state index contributed by atoms with van der Waals surface area (Å²) in [7, 11) is 4.29. The average molecular weight is 226 g/mol. The predicted molar refractivity (Wildman–Crippen MR) is 68.5 cm³/mol. The van der Waals surface area contributed by atoms with Gasteiger partial charge in [-0.1, -0.05) is 6.92 Å². The lowest BCUT2D eigenvalue weighted by Gasteiger charge is -2.22. The molecule has 0 radical (unpaired) electrons. The summed E-state index contributed by atoms with van der Waals surface area (Å²) in [6, 6.07) is 5.04. The quantitative estimate of drug-likeness (QED) is 0.802.